The molecule has 0 radical (unpaired) electrons. The van der Waals surface area contributed by atoms with Crippen molar-refractivity contribution in [2.45, 2.75) is 20.4 Å². The van der Waals surface area contributed by atoms with Crippen LogP contribution in [0.3, 0.4) is 0 Å². The van der Waals surface area contributed by atoms with Crippen LogP contribution in [0.5, 0.6) is 5.75 Å². The Morgan fingerprint density at radius 1 is 0.960 bits per heavy atom. The largest absolute Gasteiger partial charge is 0.496 e. The van der Waals surface area contributed by atoms with Crippen molar-refractivity contribution in [3.05, 3.63) is 71.4 Å². The number of rotatable bonds is 6. The Bertz CT molecular complexity index is 847. The van der Waals surface area contributed by atoms with Crippen molar-refractivity contribution < 1.29 is 4.74 Å². The minimum absolute atomic E-state index is 0.584. The molecule has 0 amide bonds. The molecule has 25 heavy (non-hydrogen) atoms. The second kappa shape index (κ2) is 7.66. The van der Waals surface area contributed by atoms with Crippen LogP contribution < -0.4 is 15.4 Å². The van der Waals surface area contributed by atoms with Gasteiger partial charge in [-0.15, -0.1) is 0 Å². The quantitative estimate of drug-likeness (QED) is 0.697. The van der Waals surface area contributed by atoms with Gasteiger partial charge in [-0.05, 0) is 32.0 Å². The Morgan fingerprint density at radius 3 is 2.48 bits per heavy atom. The maximum absolute atomic E-state index is 5.38. The molecule has 5 nitrogen and oxygen atoms in total. The van der Waals surface area contributed by atoms with E-state index in [0.29, 0.717) is 12.5 Å². The normalized spacial score (nSPS) is 10.4. The fourth-order valence-corrected chi connectivity index (χ4v) is 2.52. The topological polar surface area (TPSA) is 59.1 Å². The first-order valence-electron chi connectivity index (χ1n) is 8.19. The lowest BCUT2D eigenvalue weighted by Crippen LogP contribution is -2.07. The van der Waals surface area contributed by atoms with Gasteiger partial charge in [0, 0.05) is 29.6 Å². The Balaban J connectivity index is 1.74. The summed E-state index contributed by atoms with van der Waals surface area (Å²) >= 11 is 0. The van der Waals surface area contributed by atoms with E-state index in [0.717, 1.165) is 28.5 Å². The highest BCUT2D eigenvalue weighted by Gasteiger charge is 2.05. The van der Waals surface area contributed by atoms with Gasteiger partial charge in [0.05, 0.1) is 7.11 Å². The van der Waals surface area contributed by atoms with E-state index in [4.69, 9.17) is 4.74 Å². The predicted molar refractivity (Wildman–Crippen MR) is 102 cm³/mol. The second-order valence-corrected chi connectivity index (χ2v) is 5.87. The van der Waals surface area contributed by atoms with Crippen LogP contribution in [0.25, 0.3) is 0 Å². The third-order valence-electron chi connectivity index (χ3n) is 3.81. The molecule has 0 aliphatic carbocycles. The van der Waals surface area contributed by atoms with Crippen molar-refractivity contribution in [3.8, 4) is 5.75 Å². The summed E-state index contributed by atoms with van der Waals surface area (Å²) in [6, 6.07) is 18.0. The maximum atomic E-state index is 5.38. The zero-order chi connectivity index (χ0) is 17.6. The maximum Gasteiger partial charge on any atom is 0.225 e. The molecule has 0 bridgehead atoms. The monoisotopic (exact) mass is 334 g/mol. The van der Waals surface area contributed by atoms with E-state index in [-0.39, 0.29) is 0 Å². The van der Waals surface area contributed by atoms with Crippen LogP contribution in [-0.2, 0) is 6.54 Å². The molecule has 0 saturated carbocycles. The zero-order valence-electron chi connectivity index (χ0n) is 14.7. The molecule has 0 saturated heterocycles. The van der Waals surface area contributed by atoms with Crippen LogP contribution in [0.15, 0.2) is 54.6 Å². The number of methoxy groups -OCH3 is 1. The van der Waals surface area contributed by atoms with Crippen molar-refractivity contribution in [2.24, 2.45) is 0 Å². The predicted octanol–water partition coefficient (Wildman–Crippen LogP) is 4.46. The van der Waals surface area contributed by atoms with Crippen molar-refractivity contribution in [1.82, 2.24) is 9.97 Å². The molecule has 1 aromatic heterocycles. The lowest BCUT2D eigenvalue weighted by molar-refractivity contribution is 0.410. The molecule has 0 unspecified atom stereocenters. The first kappa shape index (κ1) is 16.8. The number of benzene rings is 2. The van der Waals surface area contributed by atoms with Crippen LogP contribution in [0, 0.1) is 13.8 Å². The van der Waals surface area contributed by atoms with Gasteiger partial charge >= 0.3 is 0 Å². The SMILES string of the molecule is COc1ccccc1CNc1nc(C)cc(Nc2ccc(C)cc2)n1. The van der Waals surface area contributed by atoms with Gasteiger partial charge in [-0.25, -0.2) is 4.98 Å². The van der Waals surface area contributed by atoms with Gasteiger partial charge < -0.3 is 15.4 Å². The first-order valence-corrected chi connectivity index (χ1v) is 8.19. The summed E-state index contributed by atoms with van der Waals surface area (Å²) in [5.41, 5.74) is 4.18. The Labute approximate surface area is 148 Å². The minimum Gasteiger partial charge on any atom is -0.496 e. The fourth-order valence-electron chi connectivity index (χ4n) is 2.52. The van der Waals surface area contributed by atoms with E-state index < -0.39 is 0 Å². The molecule has 0 fully saturated rings. The molecule has 5 heteroatoms. The van der Waals surface area contributed by atoms with Crippen molar-refractivity contribution in [2.75, 3.05) is 17.7 Å². The highest BCUT2D eigenvalue weighted by molar-refractivity contribution is 5.58. The summed E-state index contributed by atoms with van der Waals surface area (Å²) in [5, 5.41) is 6.59. The van der Waals surface area contributed by atoms with Gasteiger partial charge in [0.1, 0.15) is 11.6 Å². The molecule has 1 heterocycles. The van der Waals surface area contributed by atoms with Gasteiger partial charge in [-0.3, -0.25) is 0 Å². The van der Waals surface area contributed by atoms with Crippen LogP contribution in [0.4, 0.5) is 17.5 Å². The molecule has 0 atom stereocenters. The molecule has 2 N–H and O–H groups in total. The molecule has 0 spiro atoms. The van der Waals surface area contributed by atoms with Crippen LogP contribution in [-0.4, -0.2) is 17.1 Å². The Hall–Kier alpha value is -3.08. The molecule has 128 valence electrons. The molecule has 2 aromatic carbocycles. The summed E-state index contributed by atoms with van der Waals surface area (Å²) in [6.07, 6.45) is 0. The van der Waals surface area contributed by atoms with Crippen LogP contribution in [0.1, 0.15) is 16.8 Å². The molecular weight excluding hydrogens is 312 g/mol. The van der Waals surface area contributed by atoms with Crippen molar-refractivity contribution in [3.63, 3.8) is 0 Å². The van der Waals surface area contributed by atoms with E-state index >= 15 is 0 Å². The third-order valence-corrected chi connectivity index (χ3v) is 3.81. The van der Waals surface area contributed by atoms with E-state index in [1.54, 1.807) is 7.11 Å². The van der Waals surface area contributed by atoms with Gasteiger partial charge in [0.15, 0.2) is 0 Å². The number of hydrogen-bond acceptors (Lipinski definition) is 5. The Kier molecular flexibility index (Phi) is 5.14. The van der Waals surface area contributed by atoms with Crippen LogP contribution in [0.2, 0.25) is 0 Å². The van der Waals surface area contributed by atoms with Gasteiger partial charge in [-0.2, -0.15) is 4.98 Å². The summed E-state index contributed by atoms with van der Waals surface area (Å²) in [4.78, 5) is 9.00. The van der Waals surface area contributed by atoms with Crippen LogP contribution >= 0.6 is 0 Å². The molecule has 3 aromatic rings. The smallest absolute Gasteiger partial charge is 0.225 e. The summed E-state index contributed by atoms with van der Waals surface area (Å²) in [6.45, 7) is 4.62. The highest BCUT2D eigenvalue weighted by atomic mass is 16.5. The summed E-state index contributed by atoms with van der Waals surface area (Å²) in [7, 11) is 1.67. The molecule has 0 aliphatic heterocycles. The van der Waals surface area contributed by atoms with E-state index in [2.05, 4.69) is 39.7 Å². The second-order valence-electron chi connectivity index (χ2n) is 5.87. The van der Waals surface area contributed by atoms with E-state index in [9.17, 15) is 0 Å². The lowest BCUT2D eigenvalue weighted by Gasteiger charge is -2.12. The fraction of sp³-hybridized carbons (Fsp3) is 0.200. The van der Waals surface area contributed by atoms with Crippen molar-refractivity contribution >= 4 is 17.5 Å². The van der Waals surface area contributed by atoms with E-state index in [1.807, 2.05) is 49.4 Å². The third kappa shape index (κ3) is 4.47. The van der Waals surface area contributed by atoms with Gasteiger partial charge in [0.25, 0.3) is 0 Å². The molecular formula is C20H22N4O. The number of aromatic nitrogens is 2. The Morgan fingerprint density at radius 2 is 1.72 bits per heavy atom. The lowest BCUT2D eigenvalue weighted by atomic mass is 10.2. The average molecular weight is 334 g/mol. The van der Waals surface area contributed by atoms with Gasteiger partial charge in [-0.1, -0.05) is 35.9 Å². The first-order chi connectivity index (χ1) is 12.1. The zero-order valence-corrected chi connectivity index (χ0v) is 14.7. The number of para-hydroxylation sites is 1. The number of aryl methyl sites for hydroxylation is 2. The molecule has 0 aliphatic rings. The summed E-state index contributed by atoms with van der Waals surface area (Å²) < 4.78 is 5.38. The minimum atomic E-state index is 0.584. The number of nitrogens with zero attached hydrogens (tertiary/aromatic N) is 2. The number of anilines is 3. The van der Waals surface area contributed by atoms with Crippen molar-refractivity contribution in [1.29, 1.82) is 0 Å². The number of ether oxygens (including phenoxy) is 1. The average Bonchev–Trinajstić information content (AvgIpc) is 2.62. The number of hydrogen-bond donors (Lipinski definition) is 2. The highest BCUT2D eigenvalue weighted by Crippen LogP contribution is 2.20. The van der Waals surface area contributed by atoms with Gasteiger partial charge in [0.2, 0.25) is 5.95 Å². The summed E-state index contributed by atoms with van der Waals surface area (Å²) in [5.74, 6) is 2.19. The van der Waals surface area contributed by atoms with E-state index in [1.165, 1.54) is 5.56 Å². The number of nitrogens with one attached hydrogen (secondary N) is 2. The molecule has 3 rings (SSSR count). The standard InChI is InChI=1S/C20H22N4O/c1-14-8-10-17(11-9-14)23-19-12-15(2)22-20(24-19)21-13-16-6-4-5-7-18(16)25-3/h4-12H,13H2,1-3H3,(H2,21,22,23,24).